The molecule has 0 saturated carbocycles. The highest BCUT2D eigenvalue weighted by Gasteiger charge is 2.11. The number of hydrogen-bond donors (Lipinski definition) is 1. The molecule has 2 aromatic heterocycles. The fourth-order valence-corrected chi connectivity index (χ4v) is 1.99. The maximum absolute atomic E-state index is 12.0. The number of carbonyl (C=O) groups excluding carboxylic acids is 1. The summed E-state index contributed by atoms with van der Waals surface area (Å²) in [5.74, 6) is 0.264. The molecule has 0 aliphatic heterocycles. The van der Waals surface area contributed by atoms with E-state index in [9.17, 15) is 4.79 Å². The van der Waals surface area contributed by atoms with Gasteiger partial charge in [0.05, 0.1) is 5.56 Å². The third-order valence-electron chi connectivity index (χ3n) is 2.29. The Kier molecular flexibility index (Phi) is 4.08. The van der Waals surface area contributed by atoms with Crippen molar-refractivity contribution in [1.29, 1.82) is 0 Å². The molecule has 0 spiro atoms. The maximum Gasteiger partial charge on any atom is 0.259 e. The standard InChI is InChI=1S/C12H9Br2N3O/c1-7-5-10(16-6-9(7)13)17-12(18)8-3-2-4-15-11(8)14/h2-6H,1H3,(H,16,17,18). The quantitative estimate of drug-likeness (QED) is 0.822. The van der Waals surface area contributed by atoms with E-state index < -0.39 is 0 Å². The van der Waals surface area contributed by atoms with Gasteiger partial charge in [-0.25, -0.2) is 9.97 Å². The van der Waals surface area contributed by atoms with Crippen LogP contribution in [0.5, 0.6) is 0 Å². The number of hydrogen-bond acceptors (Lipinski definition) is 3. The number of pyridine rings is 2. The minimum atomic E-state index is -0.246. The Balaban J connectivity index is 2.22. The molecule has 2 heterocycles. The van der Waals surface area contributed by atoms with Gasteiger partial charge in [0.25, 0.3) is 5.91 Å². The molecule has 0 aliphatic carbocycles. The first-order valence-corrected chi connectivity index (χ1v) is 6.70. The van der Waals surface area contributed by atoms with Crippen molar-refractivity contribution in [3.63, 3.8) is 0 Å². The van der Waals surface area contributed by atoms with Crippen molar-refractivity contribution >= 4 is 43.6 Å². The van der Waals surface area contributed by atoms with Crippen LogP contribution in [0.15, 0.2) is 39.7 Å². The maximum atomic E-state index is 12.0. The number of rotatable bonds is 2. The Morgan fingerprint density at radius 1 is 1.33 bits per heavy atom. The molecule has 1 amide bonds. The number of nitrogens with zero attached hydrogens (tertiary/aromatic N) is 2. The predicted octanol–water partition coefficient (Wildman–Crippen LogP) is 3.56. The zero-order chi connectivity index (χ0) is 13.1. The average Bonchev–Trinajstić information content (AvgIpc) is 2.34. The molecule has 0 aliphatic rings. The van der Waals surface area contributed by atoms with Gasteiger partial charge in [-0.1, -0.05) is 0 Å². The second-order valence-corrected chi connectivity index (χ2v) is 5.22. The van der Waals surface area contributed by atoms with Gasteiger partial charge in [0.2, 0.25) is 0 Å². The average molecular weight is 371 g/mol. The van der Waals surface area contributed by atoms with E-state index in [1.54, 1.807) is 30.6 Å². The molecule has 0 radical (unpaired) electrons. The molecule has 92 valence electrons. The summed E-state index contributed by atoms with van der Waals surface area (Å²) in [6.07, 6.45) is 3.27. The SMILES string of the molecule is Cc1cc(NC(=O)c2cccnc2Br)ncc1Br. The molecule has 0 bridgehead atoms. The van der Waals surface area contributed by atoms with Gasteiger partial charge in [0.15, 0.2) is 0 Å². The summed E-state index contributed by atoms with van der Waals surface area (Å²) in [4.78, 5) is 20.1. The molecule has 6 heteroatoms. The lowest BCUT2D eigenvalue weighted by Gasteiger charge is -2.06. The van der Waals surface area contributed by atoms with Crippen LogP contribution in [0.25, 0.3) is 0 Å². The molecular weight excluding hydrogens is 362 g/mol. The first kappa shape index (κ1) is 13.2. The number of amides is 1. The van der Waals surface area contributed by atoms with Crippen molar-refractivity contribution < 1.29 is 4.79 Å². The van der Waals surface area contributed by atoms with E-state index in [4.69, 9.17) is 0 Å². The van der Waals surface area contributed by atoms with E-state index in [1.807, 2.05) is 6.92 Å². The first-order chi connectivity index (χ1) is 8.58. The summed E-state index contributed by atoms with van der Waals surface area (Å²) in [5.41, 5.74) is 1.48. The minimum Gasteiger partial charge on any atom is -0.306 e. The number of carbonyl (C=O) groups is 1. The molecule has 0 atom stereocenters. The van der Waals surface area contributed by atoms with Crippen LogP contribution in [0.3, 0.4) is 0 Å². The molecule has 2 rings (SSSR count). The normalized spacial score (nSPS) is 10.2. The zero-order valence-corrected chi connectivity index (χ0v) is 12.6. The number of nitrogens with one attached hydrogen (secondary N) is 1. The van der Waals surface area contributed by atoms with E-state index in [2.05, 4.69) is 47.1 Å². The lowest BCUT2D eigenvalue weighted by atomic mass is 10.2. The number of aryl methyl sites for hydroxylation is 1. The van der Waals surface area contributed by atoms with E-state index in [-0.39, 0.29) is 5.91 Å². The molecule has 0 unspecified atom stereocenters. The summed E-state index contributed by atoms with van der Waals surface area (Å²) in [6, 6.07) is 5.20. The van der Waals surface area contributed by atoms with Crippen LogP contribution >= 0.6 is 31.9 Å². The molecule has 0 saturated heterocycles. The third kappa shape index (κ3) is 2.94. The van der Waals surface area contributed by atoms with Crippen molar-refractivity contribution in [1.82, 2.24) is 9.97 Å². The van der Waals surface area contributed by atoms with Gasteiger partial charge in [0, 0.05) is 16.9 Å². The van der Waals surface area contributed by atoms with Gasteiger partial charge in [-0.15, -0.1) is 0 Å². The van der Waals surface area contributed by atoms with Crippen LogP contribution in [0.4, 0.5) is 5.82 Å². The molecule has 4 nitrogen and oxygen atoms in total. The highest BCUT2D eigenvalue weighted by atomic mass is 79.9. The monoisotopic (exact) mass is 369 g/mol. The van der Waals surface area contributed by atoms with Gasteiger partial charge in [0.1, 0.15) is 10.4 Å². The summed E-state index contributed by atoms with van der Waals surface area (Å²) in [6.45, 7) is 1.93. The predicted molar refractivity (Wildman–Crippen MR) is 76.6 cm³/mol. The van der Waals surface area contributed by atoms with Crippen molar-refractivity contribution in [2.24, 2.45) is 0 Å². The van der Waals surface area contributed by atoms with Crippen LogP contribution < -0.4 is 5.32 Å². The van der Waals surface area contributed by atoms with Gasteiger partial charge >= 0.3 is 0 Å². The number of aromatic nitrogens is 2. The first-order valence-electron chi connectivity index (χ1n) is 5.12. The summed E-state index contributed by atoms with van der Waals surface area (Å²) in [7, 11) is 0. The molecule has 18 heavy (non-hydrogen) atoms. The molecule has 1 N–H and O–H groups in total. The van der Waals surface area contributed by atoms with Crippen molar-refractivity contribution in [2.75, 3.05) is 5.32 Å². The van der Waals surface area contributed by atoms with Crippen LogP contribution in [0.2, 0.25) is 0 Å². The highest BCUT2D eigenvalue weighted by Crippen LogP contribution is 2.19. The summed E-state index contributed by atoms with van der Waals surface area (Å²) < 4.78 is 1.42. The van der Waals surface area contributed by atoms with Gasteiger partial charge in [-0.2, -0.15) is 0 Å². The Morgan fingerprint density at radius 2 is 2.11 bits per heavy atom. The molecule has 0 aromatic carbocycles. The largest absolute Gasteiger partial charge is 0.306 e. The molecular formula is C12H9Br2N3O. The highest BCUT2D eigenvalue weighted by molar-refractivity contribution is 9.10. The lowest BCUT2D eigenvalue weighted by Crippen LogP contribution is -2.14. The fourth-order valence-electron chi connectivity index (χ4n) is 1.35. The Hall–Kier alpha value is -1.27. The van der Waals surface area contributed by atoms with Crippen molar-refractivity contribution in [3.8, 4) is 0 Å². The number of halogens is 2. The minimum absolute atomic E-state index is 0.246. The molecule has 0 fully saturated rings. The number of anilines is 1. The Bertz CT molecular complexity index is 602. The van der Waals surface area contributed by atoms with Crippen LogP contribution in [0.1, 0.15) is 15.9 Å². The Morgan fingerprint density at radius 3 is 2.78 bits per heavy atom. The summed E-state index contributed by atoms with van der Waals surface area (Å²) in [5, 5.41) is 2.73. The van der Waals surface area contributed by atoms with Crippen LogP contribution in [-0.4, -0.2) is 15.9 Å². The second kappa shape index (κ2) is 5.58. The lowest BCUT2D eigenvalue weighted by molar-refractivity contribution is 0.102. The molecule has 2 aromatic rings. The van der Waals surface area contributed by atoms with E-state index in [0.717, 1.165) is 10.0 Å². The zero-order valence-electron chi connectivity index (χ0n) is 9.45. The summed E-state index contributed by atoms with van der Waals surface area (Å²) >= 11 is 6.60. The van der Waals surface area contributed by atoms with Crippen molar-refractivity contribution in [2.45, 2.75) is 6.92 Å². The Labute approximate surface area is 121 Å². The topological polar surface area (TPSA) is 54.9 Å². The van der Waals surface area contributed by atoms with E-state index in [1.165, 1.54) is 0 Å². The van der Waals surface area contributed by atoms with E-state index in [0.29, 0.717) is 16.0 Å². The smallest absolute Gasteiger partial charge is 0.259 e. The fraction of sp³-hybridized carbons (Fsp3) is 0.0833. The van der Waals surface area contributed by atoms with Gasteiger partial charge < -0.3 is 5.32 Å². The second-order valence-electron chi connectivity index (χ2n) is 3.61. The third-order valence-corrected chi connectivity index (χ3v) is 3.75. The van der Waals surface area contributed by atoms with Crippen LogP contribution in [0, 0.1) is 6.92 Å². The van der Waals surface area contributed by atoms with Gasteiger partial charge in [-0.3, -0.25) is 4.79 Å². The van der Waals surface area contributed by atoms with Crippen molar-refractivity contribution in [3.05, 3.63) is 50.8 Å². The van der Waals surface area contributed by atoms with E-state index >= 15 is 0 Å². The van der Waals surface area contributed by atoms with Gasteiger partial charge in [-0.05, 0) is 62.5 Å². The van der Waals surface area contributed by atoms with Crippen LogP contribution in [-0.2, 0) is 0 Å².